The average molecular weight is 395 g/mol. The number of piperidine rings is 1. The van der Waals surface area contributed by atoms with Gasteiger partial charge in [-0.25, -0.2) is 0 Å². The van der Waals surface area contributed by atoms with Crippen LogP contribution in [0.5, 0.6) is 0 Å². The molecule has 3 aliphatic rings. The molecular formula is C21H25N5O3. The number of aromatic nitrogens is 2. The molecule has 1 unspecified atom stereocenters. The molecule has 152 valence electrons. The first-order chi connectivity index (χ1) is 13.9. The number of fused-ring (bicyclic) bond motifs is 1. The monoisotopic (exact) mass is 395 g/mol. The van der Waals surface area contributed by atoms with Crippen LogP contribution in [0.3, 0.4) is 0 Å². The number of carbonyl (C=O) groups is 2. The molecule has 0 saturated carbocycles. The van der Waals surface area contributed by atoms with Crippen LogP contribution < -0.4 is 10.6 Å². The zero-order chi connectivity index (χ0) is 20.2. The number of nitrogens with zero attached hydrogens (tertiary/aromatic N) is 3. The number of anilines is 1. The van der Waals surface area contributed by atoms with E-state index in [1.807, 2.05) is 43.1 Å². The topological polar surface area (TPSA) is 88.5 Å². The second-order valence-electron chi connectivity index (χ2n) is 8.45. The number of nitrogens with one attached hydrogen (secondary N) is 2. The molecule has 2 aromatic rings. The van der Waals surface area contributed by atoms with Crippen LogP contribution in [-0.4, -0.2) is 57.5 Å². The van der Waals surface area contributed by atoms with Crippen molar-refractivity contribution in [1.82, 2.24) is 20.0 Å². The van der Waals surface area contributed by atoms with Gasteiger partial charge in [0.05, 0.1) is 29.0 Å². The first-order valence-electron chi connectivity index (χ1n) is 10.0. The van der Waals surface area contributed by atoms with E-state index in [9.17, 15) is 9.59 Å². The molecule has 8 heteroatoms. The number of ether oxygens (including phenoxy) is 1. The van der Waals surface area contributed by atoms with Crippen LogP contribution in [-0.2, 0) is 11.8 Å². The number of hydrogen-bond acceptors (Lipinski definition) is 5. The van der Waals surface area contributed by atoms with Crippen LogP contribution in [0.25, 0.3) is 0 Å². The van der Waals surface area contributed by atoms with E-state index in [1.165, 1.54) is 0 Å². The average Bonchev–Trinajstić information content (AvgIpc) is 3.21. The Kier molecular flexibility index (Phi) is 3.96. The summed E-state index contributed by atoms with van der Waals surface area (Å²) in [6.45, 7) is 3.54. The minimum absolute atomic E-state index is 0.0242. The third kappa shape index (κ3) is 2.98. The molecule has 0 radical (unpaired) electrons. The van der Waals surface area contributed by atoms with E-state index in [2.05, 4.69) is 15.7 Å². The highest BCUT2D eigenvalue weighted by molar-refractivity contribution is 6.02. The third-order valence-corrected chi connectivity index (χ3v) is 6.35. The van der Waals surface area contributed by atoms with Crippen LogP contribution in [0.1, 0.15) is 45.7 Å². The lowest BCUT2D eigenvalue weighted by atomic mass is 9.84. The fourth-order valence-corrected chi connectivity index (χ4v) is 4.87. The molecule has 1 aromatic carbocycles. The number of para-hydroxylation sites is 1. The van der Waals surface area contributed by atoms with Crippen LogP contribution >= 0.6 is 0 Å². The van der Waals surface area contributed by atoms with Crippen LogP contribution in [0.4, 0.5) is 5.69 Å². The van der Waals surface area contributed by atoms with Gasteiger partial charge in [-0.15, -0.1) is 0 Å². The third-order valence-electron chi connectivity index (χ3n) is 6.35. The fraction of sp³-hybridized carbons (Fsp3) is 0.476. The molecule has 2 spiro atoms. The van der Waals surface area contributed by atoms with Crippen molar-refractivity contribution in [2.45, 2.75) is 37.5 Å². The van der Waals surface area contributed by atoms with Gasteiger partial charge in [-0.2, -0.15) is 5.10 Å². The molecule has 2 N–H and O–H groups in total. The molecule has 1 aromatic heterocycles. The van der Waals surface area contributed by atoms with Gasteiger partial charge in [0.25, 0.3) is 11.8 Å². The Labute approximate surface area is 169 Å². The zero-order valence-corrected chi connectivity index (χ0v) is 16.7. The summed E-state index contributed by atoms with van der Waals surface area (Å²) in [5, 5.41) is 10.9. The van der Waals surface area contributed by atoms with Gasteiger partial charge in [0.1, 0.15) is 5.66 Å². The summed E-state index contributed by atoms with van der Waals surface area (Å²) >= 11 is 0. The van der Waals surface area contributed by atoms with Gasteiger partial charge in [-0.3, -0.25) is 14.3 Å². The maximum Gasteiger partial charge on any atom is 0.257 e. The molecule has 29 heavy (non-hydrogen) atoms. The van der Waals surface area contributed by atoms with E-state index in [0.29, 0.717) is 37.2 Å². The Hall–Kier alpha value is -2.87. The summed E-state index contributed by atoms with van der Waals surface area (Å²) in [6.07, 6.45) is 3.97. The van der Waals surface area contributed by atoms with E-state index in [0.717, 1.165) is 24.2 Å². The summed E-state index contributed by atoms with van der Waals surface area (Å²) in [7, 11) is 1.82. The van der Waals surface area contributed by atoms with Crippen LogP contribution in [0.15, 0.2) is 30.5 Å². The highest BCUT2D eigenvalue weighted by Gasteiger charge is 2.53. The van der Waals surface area contributed by atoms with Crippen molar-refractivity contribution in [2.24, 2.45) is 7.05 Å². The molecular weight excluding hydrogens is 370 g/mol. The minimum atomic E-state index is -0.586. The zero-order valence-electron chi connectivity index (χ0n) is 16.7. The number of likely N-dealkylation sites (tertiary alicyclic amines) is 1. The normalized spacial score (nSPS) is 25.0. The van der Waals surface area contributed by atoms with Gasteiger partial charge < -0.3 is 20.3 Å². The predicted molar refractivity (Wildman–Crippen MR) is 107 cm³/mol. The van der Waals surface area contributed by atoms with Crippen molar-refractivity contribution in [2.75, 3.05) is 25.0 Å². The lowest BCUT2D eigenvalue weighted by Crippen LogP contribution is -2.59. The van der Waals surface area contributed by atoms with Crippen LogP contribution in [0, 0.1) is 6.92 Å². The van der Waals surface area contributed by atoms with Gasteiger partial charge in [0.15, 0.2) is 0 Å². The van der Waals surface area contributed by atoms with E-state index < -0.39 is 5.66 Å². The molecule has 2 fully saturated rings. The Balaban J connectivity index is 1.28. The Bertz CT molecular complexity index is 992. The van der Waals surface area contributed by atoms with E-state index in [1.54, 1.807) is 10.9 Å². The summed E-state index contributed by atoms with van der Waals surface area (Å²) in [5.41, 5.74) is 2.00. The number of hydrogen-bond donors (Lipinski definition) is 2. The molecule has 8 nitrogen and oxygen atoms in total. The van der Waals surface area contributed by atoms with Crippen molar-refractivity contribution >= 4 is 17.5 Å². The molecule has 0 bridgehead atoms. The highest BCUT2D eigenvalue weighted by Crippen LogP contribution is 2.43. The Morgan fingerprint density at radius 1 is 1.21 bits per heavy atom. The first-order valence-corrected chi connectivity index (χ1v) is 10.0. The molecule has 3 aliphatic heterocycles. The van der Waals surface area contributed by atoms with E-state index >= 15 is 0 Å². The van der Waals surface area contributed by atoms with Gasteiger partial charge in [-0.1, -0.05) is 12.1 Å². The maximum absolute atomic E-state index is 12.9. The smallest absolute Gasteiger partial charge is 0.257 e. The summed E-state index contributed by atoms with van der Waals surface area (Å²) in [6, 6.07) is 7.54. The van der Waals surface area contributed by atoms with Gasteiger partial charge in [0.2, 0.25) is 0 Å². The lowest BCUT2D eigenvalue weighted by molar-refractivity contribution is -0.0393. The number of amides is 2. The first kappa shape index (κ1) is 18.2. The summed E-state index contributed by atoms with van der Waals surface area (Å²) in [5.74, 6) is -0.0455. The molecule has 2 amide bonds. The van der Waals surface area contributed by atoms with E-state index in [-0.39, 0.29) is 17.4 Å². The predicted octanol–water partition coefficient (Wildman–Crippen LogP) is 1.68. The second kappa shape index (κ2) is 6.32. The number of aryl methyl sites for hydroxylation is 2. The molecule has 4 heterocycles. The second-order valence-corrected chi connectivity index (χ2v) is 8.45. The molecule has 5 rings (SSSR count). The largest absolute Gasteiger partial charge is 0.370 e. The Morgan fingerprint density at radius 3 is 2.69 bits per heavy atom. The van der Waals surface area contributed by atoms with Crippen molar-refractivity contribution in [3.8, 4) is 0 Å². The lowest BCUT2D eigenvalue weighted by Gasteiger charge is -2.41. The molecule has 1 atom stereocenters. The fourth-order valence-electron chi connectivity index (χ4n) is 4.87. The van der Waals surface area contributed by atoms with Gasteiger partial charge >= 0.3 is 0 Å². The number of carbonyl (C=O) groups excluding carboxylic acids is 2. The van der Waals surface area contributed by atoms with E-state index in [4.69, 9.17) is 4.74 Å². The number of rotatable bonds is 1. The maximum atomic E-state index is 12.9. The standard InChI is InChI=1S/C21H25N5O3/c1-14-16(11-25(2)24-14)19(28)26-9-7-20(8-10-26)12-21(13-29-20)22-17-6-4-3-5-15(17)18(27)23-21/h3-6,11,22H,7-10,12-13H2,1-2H3,(H,23,27). The highest BCUT2D eigenvalue weighted by atomic mass is 16.5. The van der Waals surface area contributed by atoms with Crippen molar-refractivity contribution < 1.29 is 14.3 Å². The van der Waals surface area contributed by atoms with Crippen molar-refractivity contribution in [3.63, 3.8) is 0 Å². The van der Waals surface area contributed by atoms with Gasteiger partial charge in [-0.05, 0) is 31.9 Å². The number of benzene rings is 1. The Morgan fingerprint density at radius 2 is 1.97 bits per heavy atom. The van der Waals surface area contributed by atoms with Crippen molar-refractivity contribution in [3.05, 3.63) is 47.3 Å². The summed E-state index contributed by atoms with van der Waals surface area (Å²) < 4.78 is 7.94. The van der Waals surface area contributed by atoms with Gasteiger partial charge in [0, 0.05) is 38.4 Å². The summed E-state index contributed by atoms with van der Waals surface area (Å²) in [4.78, 5) is 27.3. The minimum Gasteiger partial charge on any atom is -0.370 e. The SMILES string of the molecule is Cc1nn(C)cc1C(=O)N1CCC2(CC1)CC1(CO2)NC(=O)c2ccccc2N1. The molecule has 2 saturated heterocycles. The molecule has 0 aliphatic carbocycles. The van der Waals surface area contributed by atoms with Crippen molar-refractivity contribution in [1.29, 1.82) is 0 Å². The quantitative estimate of drug-likeness (QED) is 0.767. The van der Waals surface area contributed by atoms with Crippen LogP contribution in [0.2, 0.25) is 0 Å².